The molecule has 0 radical (unpaired) electrons. The zero-order valence-corrected chi connectivity index (χ0v) is 14.6. The molecular formula is C16H21ClN2O5. The fourth-order valence-corrected chi connectivity index (χ4v) is 2.63. The highest BCUT2D eigenvalue weighted by Gasteiger charge is 2.48. The second kappa shape index (κ2) is 6.57. The maximum atomic E-state index is 12.2. The number of nitrogens with zero attached hydrogens (tertiary/aromatic N) is 2. The van der Waals surface area contributed by atoms with Crippen LogP contribution in [0.5, 0.6) is 0 Å². The number of carbonyl (C=O) groups excluding carboxylic acids is 1. The summed E-state index contributed by atoms with van der Waals surface area (Å²) in [6, 6.07) is 4.78. The molecule has 1 amide bonds. The number of hydrogen-bond acceptors (Lipinski definition) is 5. The first-order chi connectivity index (χ1) is 11.0. The van der Waals surface area contributed by atoms with E-state index in [1.165, 1.54) is 0 Å². The highest BCUT2D eigenvalue weighted by Crippen LogP contribution is 2.35. The molecule has 8 heteroatoms. The van der Waals surface area contributed by atoms with E-state index >= 15 is 0 Å². The van der Waals surface area contributed by atoms with E-state index in [2.05, 4.69) is 4.98 Å². The largest absolute Gasteiger partial charge is 0.465 e. The van der Waals surface area contributed by atoms with Crippen LogP contribution in [0.3, 0.4) is 0 Å². The van der Waals surface area contributed by atoms with Gasteiger partial charge in [-0.25, -0.2) is 9.78 Å². The van der Waals surface area contributed by atoms with Crippen LogP contribution in [-0.4, -0.2) is 51.4 Å². The Kier molecular flexibility index (Phi) is 5.05. The SMILES string of the molecule is CC(C)(C)C(=O)O[C@H]1CN(C(=O)O)CC[C@]1(O)c1cccc(Cl)n1. The van der Waals surface area contributed by atoms with Crippen LogP contribution in [0.15, 0.2) is 18.2 Å². The van der Waals surface area contributed by atoms with Gasteiger partial charge in [-0.05, 0) is 32.9 Å². The minimum absolute atomic E-state index is 0.0503. The van der Waals surface area contributed by atoms with Crippen LogP contribution in [0, 0.1) is 5.41 Å². The Bertz CT molecular complexity index is 646. The maximum Gasteiger partial charge on any atom is 0.407 e. The van der Waals surface area contributed by atoms with Gasteiger partial charge in [0.2, 0.25) is 0 Å². The average Bonchev–Trinajstić information content (AvgIpc) is 2.48. The van der Waals surface area contributed by atoms with E-state index in [0.29, 0.717) is 0 Å². The maximum absolute atomic E-state index is 12.2. The number of rotatable bonds is 2. The molecular weight excluding hydrogens is 336 g/mol. The van der Waals surface area contributed by atoms with Crippen LogP contribution in [-0.2, 0) is 15.1 Å². The highest BCUT2D eigenvalue weighted by atomic mass is 35.5. The number of carboxylic acid groups (broad SMARTS) is 1. The van der Waals surface area contributed by atoms with Crippen molar-refractivity contribution >= 4 is 23.7 Å². The van der Waals surface area contributed by atoms with E-state index < -0.39 is 29.2 Å². The van der Waals surface area contributed by atoms with Crippen molar-refractivity contribution in [3.63, 3.8) is 0 Å². The van der Waals surface area contributed by atoms with Gasteiger partial charge in [-0.2, -0.15) is 0 Å². The lowest BCUT2D eigenvalue weighted by atomic mass is 9.84. The van der Waals surface area contributed by atoms with Crippen molar-refractivity contribution in [2.24, 2.45) is 5.41 Å². The molecule has 2 N–H and O–H groups in total. The lowest BCUT2D eigenvalue weighted by molar-refractivity contribution is -0.186. The topological polar surface area (TPSA) is 100.0 Å². The quantitative estimate of drug-likeness (QED) is 0.622. The van der Waals surface area contributed by atoms with Crippen molar-refractivity contribution in [1.82, 2.24) is 9.88 Å². The fraction of sp³-hybridized carbons (Fsp3) is 0.562. The van der Waals surface area contributed by atoms with Crippen LogP contribution in [0.4, 0.5) is 4.79 Å². The van der Waals surface area contributed by atoms with Gasteiger partial charge in [-0.15, -0.1) is 0 Å². The van der Waals surface area contributed by atoms with Crippen LogP contribution in [0.1, 0.15) is 32.9 Å². The number of pyridine rings is 1. The number of halogens is 1. The van der Waals surface area contributed by atoms with Gasteiger partial charge in [0.1, 0.15) is 10.8 Å². The van der Waals surface area contributed by atoms with E-state index in [1.807, 2.05) is 0 Å². The number of aromatic nitrogens is 1. The Hall–Kier alpha value is -1.86. The molecule has 1 aromatic heterocycles. The fourth-order valence-electron chi connectivity index (χ4n) is 2.47. The van der Waals surface area contributed by atoms with E-state index in [-0.39, 0.29) is 30.4 Å². The monoisotopic (exact) mass is 356 g/mol. The van der Waals surface area contributed by atoms with Gasteiger partial charge in [0.25, 0.3) is 0 Å². The molecule has 24 heavy (non-hydrogen) atoms. The predicted molar refractivity (Wildman–Crippen MR) is 86.7 cm³/mol. The summed E-state index contributed by atoms with van der Waals surface area (Å²) >= 11 is 5.90. The van der Waals surface area contributed by atoms with E-state index in [4.69, 9.17) is 16.3 Å². The van der Waals surface area contributed by atoms with Gasteiger partial charge >= 0.3 is 12.1 Å². The van der Waals surface area contributed by atoms with Crippen LogP contribution >= 0.6 is 11.6 Å². The number of likely N-dealkylation sites (tertiary alicyclic amines) is 1. The summed E-state index contributed by atoms with van der Waals surface area (Å²) in [7, 11) is 0. The molecule has 132 valence electrons. The third kappa shape index (κ3) is 3.79. The summed E-state index contributed by atoms with van der Waals surface area (Å²) in [4.78, 5) is 28.7. The number of piperidine rings is 1. The van der Waals surface area contributed by atoms with Gasteiger partial charge in [0, 0.05) is 13.0 Å². The second-order valence-electron chi connectivity index (χ2n) is 6.89. The average molecular weight is 357 g/mol. The standard InChI is InChI=1S/C16H21ClN2O5/c1-15(2,3)13(20)24-11-9-19(14(21)22)8-7-16(11,23)10-5-4-6-12(17)18-10/h4-6,11,23H,7-9H2,1-3H3,(H,21,22)/t11-,16-/m0/s1. The van der Waals surface area contributed by atoms with Crippen molar-refractivity contribution in [2.45, 2.75) is 38.9 Å². The number of esters is 1. The molecule has 0 aromatic carbocycles. The molecule has 2 heterocycles. The van der Waals surface area contributed by atoms with E-state index in [1.54, 1.807) is 39.0 Å². The molecule has 0 saturated carbocycles. The first kappa shape index (κ1) is 18.5. The smallest absolute Gasteiger partial charge is 0.407 e. The third-order valence-corrected chi connectivity index (χ3v) is 4.18. The van der Waals surface area contributed by atoms with Crippen molar-refractivity contribution in [1.29, 1.82) is 0 Å². The summed E-state index contributed by atoms with van der Waals surface area (Å²) < 4.78 is 5.47. The summed E-state index contributed by atoms with van der Waals surface area (Å²) in [6.45, 7) is 5.02. The second-order valence-corrected chi connectivity index (χ2v) is 7.28. The number of aliphatic hydroxyl groups is 1. The van der Waals surface area contributed by atoms with E-state index in [0.717, 1.165) is 4.90 Å². The van der Waals surface area contributed by atoms with Gasteiger partial charge in [0.15, 0.2) is 6.10 Å². The molecule has 1 aliphatic heterocycles. The molecule has 7 nitrogen and oxygen atoms in total. The molecule has 0 spiro atoms. The highest BCUT2D eigenvalue weighted by molar-refractivity contribution is 6.29. The zero-order valence-electron chi connectivity index (χ0n) is 13.8. The Morgan fingerprint density at radius 1 is 1.42 bits per heavy atom. The Morgan fingerprint density at radius 3 is 2.62 bits per heavy atom. The molecule has 2 atom stereocenters. The normalized spacial score (nSPS) is 24.5. The van der Waals surface area contributed by atoms with Gasteiger partial charge < -0.3 is 19.8 Å². The zero-order chi connectivity index (χ0) is 18.1. The molecule has 2 rings (SSSR count). The van der Waals surface area contributed by atoms with Gasteiger partial charge in [-0.1, -0.05) is 17.7 Å². The molecule has 1 aromatic rings. The lowest BCUT2D eigenvalue weighted by Gasteiger charge is -2.43. The minimum atomic E-state index is -1.60. The number of ether oxygens (including phenoxy) is 1. The molecule has 0 aliphatic carbocycles. The molecule has 0 unspecified atom stereocenters. The Balaban J connectivity index is 2.36. The van der Waals surface area contributed by atoms with E-state index in [9.17, 15) is 19.8 Å². The summed E-state index contributed by atoms with van der Waals surface area (Å²) in [5, 5.41) is 20.5. The molecule has 1 aliphatic rings. The molecule has 1 saturated heterocycles. The van der Waals surface area contributed by atoms with Gasteiger partial charge in [0.05, 0.1) is 17.7 Å². The number of hydrogen-bond donors (Lipinski definition) is 2. The van der Waals surface area contributed by atoms with Crippen LogP contribution < -0.4 is 0 Å². The predicted octanol–water partition coefficient (Wildman–Crippen LogP) is 2.26. The molecule has 0 bridgehead atoms. The summed E-state index contributed by atoms with van der Waals surface area (Å²) in [5.41, 5.74) is -2.13. The third-order valence-electron chi connectivity index (χ3n) is 3.97. The first-order valence-electron chi connectivity index (χ1n) is 7.58. The summed E-state index contributed by atoms with van der Waals surface area (Å²) in [6.07, 6.45) is -2.15. The van der Waals surface area contributed by atoms with Crippen LogP contribution in [0.2, 0.25) is 5.15 Å². The number of amides is 1. The van der Waals surface area contributed by atoms with Crippen molar-refractivity contribution in [2.75, 3.05) is 13.1 Å². The van der Waals surface area contributed by atoms with Crippen molar-refractivity contribution in [3.8, 4) is 0 Å². The first-order valence-corrected chi connectivity index (χ1v) is 7.96. The minimum Gasteiger partial charge on any atom is -0.465 e. The Labute approximate surface area is 145 Å². The lowest BCUT2D eigenvalue weighted by Crippen LogP contribution is -2.57. The van der Waals surface area contributed by atoms with Crippen molar-refractivity contribution < 1.29 is 24.5 Å². The summed E-state index contributed by atoms with van der Waals surface area (Å²) in [5.74, 6) is -0.528. The Morgan fingerprint density at radius 2 is 2.08 bits per heavy atom. The number of carbonyl (C=O) groups is 2. The van der Waals surface area contributed by atoms with Crippen LogP contribution in [0.25, 0.3) is 0 Å². The molecule has 1 fully saturated rings. The van der Waals surface area contributed by atoms with Crippen molar-refractivity contribution in [3.05, 3.63) is 29.0 Å². The van der Waals surface area contributed by atoms with Gasteiger partial charge in [-0.3, -0.25) is 4.79 Å².